The summed E-state index contributed by atoms with van der Waals surface area (Å²) in [7, 11) is 3.39. The molecule has 5 heteroatoms. The summed E-state index contributed by atoms with van der Waals surface area (Å²) in [4.78, 5) is 15.8. The molecule has 1 unspecified atom stereocenters. The monoisotopic (exact) mass is 237 g/mol. The molecule has 1 rings (SSSR count). The number of carbonyl (C=O) groups is 1. The van der Waals surface area contributed by atoms with Crippen LogP contribution in [0.25, 0.3) is 0 Å². The zero-order valence-corrected chi connectivity index (χ0v) is 10.5. The van der Waals surface area contributed by atoms with Crippen LogP contribution in [0.15, 0.2) is 18.3 Å². The highest BCUT2D eigenvalue weighted by molar-refractivity contribution is 5.78. The number of ether oxygens (including phenoxy) is 1. The molecule has 0 fully saturated rings. The van der Waals surface area contributed by atoms with Crippen LogP contribution in [-0.4, -0.2) is 31.6 Å². The van der Waals surface area contributed by atoms with E-state index in [4.69, 9.17) is 4.74 Å². The van der Waals surface area contributed by atoms with Crippen LogP contribution in [0.5, 0.6) is 5.88 Å². The van der Waals surface area contributed by atoms with E-state index in [1.54, 1.807) is 13.3 Å². The molecule has 0 aliphatic heterocycles. The van der Waals surface area contributed by atoms with Crippen molar-refractivity contribution in [1.82, 2.24) is 15.6 Å². The predicted molar refractivity (Wildman–Crippen MR) is 65.7 cm³/mol. The summed E-state index contributed by atoms with van der Waals surface area (Å²) in [6.07, 6.45) is 1.66. The molecule has 0 saturated carbocycles. The first kappa shape index (κ1) is 13.4. The van der Waals surface area contributed by atoms with Crippen LogP contribution >= 0.6 is 0 Å². The van der Waals surface area contributed by atoms with Gasteiger partial charge in [-0.25, -0.2) is 4.98 Å². The van der Waals surface area contributed by atoms with Crippen LogP contribution < -0.4 is 15.4 Å². The van der Waals surface area contributed by atoms with E-state index < -0.39 is 0 Å². The van der Waals surface area contributed by atoms with Crippen molar-refractivity contribution in [3.63, 3.8) is 0 Å². The Hall–Kier alpha value is -1.62. The molecule has 0 aliphatic rings. The number of nitrogens with zero attached hydrogens (tertiary/aromatic N) is 1. The fourth-order valence-corrected chi connectivity index (χ4v) is 1.50. The first-order valence-corrected chi connectivity index (χ1v) is 5.59. The zero-order valence-electron chi connectivity index (χ0n) is 10.5. The van der Waals surface area contributed by atoms with Crippen LogP contribution in [0.1, 0.15) is 12.5 Å². The van der Waals surface area contributed by atoms with Gasteiger partial charge in [0.15, 0.2) is 0 Å². The number of carbonyl (C=O) groups excluding carboxylic acids is 1. The van der Waals surface area contributed by atoms with Gasteiger partial charge in [0.05, 0.1) is 7.11 Å². The molecule has 1 aromatic heterocycles. The minimum atomic E-state index is -0.0531. The van der Waals surface area contributed by atoms with E-state index in [1.165, 1.54) is 0 Å². The smallest absolute Gasteiger partial charge is 0.224 e. The first-order chi connectivity index (χ1) is 8.19. The fourth-order valence-electron chi connectivity index (χ4n) is 1.50. The van der Waals surface area contributed by atoms with E-state index in [2.05, 4.69) is 15.6 Å². The van der Waals surface area contributed by atoms with Crippen LogP contribution in [0.4, 0.5) is 0 Å². The van der Waals surface area contributed by atoms with Crippen molar-refractivity contribution < 1.29 is 9.53 Å². The van der Waals surface area contributed by atoms with E-state index >= 15 is 0 Å². The molecule has 1 heterocycles. The normalized spacial score (nSPS) is 11.9. The average Bonchev–Trinajstić information content (AvgIpc) is 2.36. The number of pyridine rings is 1. The van der Waals surface area contributed by atoms with Gasteiger partial charge in [0.25, 0.3) is 0 Å². The van der Waals surface area contributed by atoms with Gasteiger partial charge in [-0.2, -0.15) is 0 Å². The maximum absolute atomic E-state index is 11.7. The van der Waals surface area contributed by atoms with Gasteiger partial charge in [-0.05, 0) is 13.1 Å². The van der Waals surface area contributed by atoms with Gasteiger partial charge in [-0.15, -0.1) is 0 Å². The molecular weight excluding hydrogens is 218 g/mol. The summed E-state index contributed by atoms with van der Waals surface area (Å²) in [6.45, 7) is 2.98. The molecule has 0 bridgehead atoms. The van der Waals surface area contributed by atoms with E-state index in [-0.39, 0.29) is 11.8 Å². The number of rotatable bonds is 6. The Bertz CT molecular complexity index is 369. The molecule has 17 heavy (non-hydrogen) atoms. The lowest BCUT2D eigenvalue weighted by atomic mass is 10.1. The highest BCUT2D eigenvalue weighted by atomic mass is 16.5. The Labute approximate surface area is 102 Å². The predicted octanol–water partition coefficient (Wildman–Crippen LogP) is 0.562. The second-order valence-electron chi connectivity index (χ2n) is 3.85. The molecule has 0 radical (unpaired) electrons. The lowest BCUT2D eigenvalue weighted by Crippen LogP contribution is -2.34. The second kappa shape index (κ2) is 6.85. The van der Waals surface area contributed by atoms with Crippen molar-refractivity contribution in [3.05, 3.63) is 23.9 Å². The molecule has 2 N–H and O–H groups in total. The summed E-state index contributed by atoms with van der Waals surface area (Å²) in [5.41, 5.74) is 0.875. The molecule has 1 aromatic rings. The highest BCUT2D eigenvalue weighted by Crippen LogP contribution is 2.12. The minimum Gasteiger partial charge on any atom is -0.481 e. The third kappa shape index (κ3) is 4.03. The van der Waals surface area contributed by atoms with Crippen LogP contribution in [0, 0.1) is 5.92 Å². The molecule has 1 atom stereocenters. The van der Waals surface area contributed by atoms with Crippen molar-refractivity contribution >= 4 is 5.91 Å². The maximum Gasteiger partial charge on any atom is 0.224 e. The molecular formula is C12H19N3O2. The number of methoxy groups -OCH3 is 1. The molecule has 0 saturated heterocycles. The molecule has 94 valence electrons. The Balaban J connectivity index is 2.52. The SMILES string of the molecule is CNCC(C)C(=O)NCc1cccnc1OC. The van der Waals surface area contributed by atoms with E-state index in [0.29, 0.717) is 19.0 Å². The van der Waals surface area contributed by atoms with Crippen molar-refractivity contribution in [3.8, 4) is 5.88 Å². The van der Waals surface area contributed by atoms with Crippen molar-refractivity contribution in [2.24, 2.45) is 5.92 Å². The van der Waals surface area contributed by atoms with E-state index in [9.17, 15) is 4.79 Å². The second-order valence-corrected chi connectivity index (χ2v) is 3.85. The molecule has 0 aliphatic carbocycles. The lowest BCUT2D eigenvalue weighted by molar-refractivity contribution is -0.124. The van der Waals surface area contributed by atoms with Gasteiger partial charge in [0.1, 0.15) is 0 Å². The summed E-state index contributed by atoms with van der Waals surface area (Å²) < 4.78 is 5.11. The number of aromatic nitrogens is 1. The number of hydrogen-bond acceptors (Lipinski definition) is 4. The number of hydrogen-bond donors (Lipinski definition) is 2. The summed E-state index contributed by atoms with van der Waals surface area (Å²) in [5.74, 6) is 0.516. The van der Waals surface area contributed by atoms with Crippen LogP contribution in [0.2, 0.25) is 0 Å². The van der Waals surface area contributed by atoms with Gasteiger partial charge >= 0.3 is 0 Å². The summed E-state index contributed by atoms with van der Waals surface area (Å²) in [6, 6.07) is 3.70. The van der Waals surface area contributed by atoms with Crippen molar-refractivity contribution in [2.75, 3.05) is 20.7 Å². The molecule has 0 spiro atoms. The topological polar surface area (TPSA) is 63.2 Å². The third-order valence-corrected chi connectivity index (χ3v) is 2.45. The lowest BCUT2D eigenvalue weighted by Gasteiger charge is -2.12. The largest absolute Gasteiger partial charge is 0.481 e. The molecule has 1 amide bonds. The Kier molecular flexibility index (Phi) is 5.42. The fraction of sp³-hybridized carbons (Fsp3) is 0.500. The molecule has 0 aromatic carbocycles. The highest BCUT2D eigenvalue weighted by Gasteiger charge is 2.12. The van der Waals surface area contributed by atoms with Gasteiger partial charge < -0.3 is 15.4 Å². The molecule has 5 nitrogen and oxygen atoms in total. The summed E-state index contributed by atoms with van der Waals surface area (Å²) >= 11 is 0. The first-order valence-electron chi connectivity index (χ1n) is 5.59. The van der Waals surface area contributed by atoms with Crippen LogP contribution in [0.3, 0.4) is 0 Å². The van der Waals surface area contributed by atoms with Gasteiger partial charge in [-0.1, -0.05) is 13.0 Å². The quantitative estimate of drug-likeness (QED) is 0.759. The van der Waals surface area contributed by atoms with E-state index in [0.717, 1.165) is 5.56 Å². The minimum absolute atomic E-state index is 0.0188. The average molecular weight is 237 g/mol. The van der Waals surface area contributed by atoms with E-state index in [1.807, 2.05) is 26.1 Å². The third-order valence-electron chi connectivity index (χ3n) is 2.45. The number of amides is 1. The Morgan fingerprint density at radius 1 is 1.59 bits per heavy atom. The van der Waals surface area contributed by atoms with Crippen molar-refractivity contribution in [2.45, 2.75) is 13.5 Å². The van der Waals surface area contributed by atoms with Gasteiger partial charge in [-0.3, -0.25) is 4.79 Å². The summed E-state index contributed by atoms with van der Waals surface area (Å²) in [5, 5.41) is 5.83. The van der Waals surface area contributed by atoms with Crippen LogP contribution in [-0.2, 0) is 11.3 Å². The van der Waals surface area contributed by atoms with Gasteiger partial charge in [0.2, 0.25) is 11.8 Å². The van der Waals surface area contributed by atoms with Gasteiger partial charge in [0, 0.05) is 30.8 Å². The maximum atomic E-state index is 11.7. The van der Waals surface area contributed by atoms with Crippen molar-refractivity contribution in [1.29, 1.82) is 0 Å². The number of nitrogens with one attached hydrogen (secondary N) is 2. The standard InChI is InChI=1S/C12H19N3O2/c1-9(7-13-2)11(16)15-8-10-5-4-6-14-12(10)17-3/h4-6,9,13H,7-8H2,1-3H3,(H,15,16). The Morgan fingerprint density at radius 3 is 3.00 bits per heavy atom. The Morgan fingerprint density at radius 2 is 2.35 bits per heavy atom. The zero-order chi connectivity index (χ0) is 12.7.